The van der Waals surface area contributed by atoms with Crippen molar-refractivity contribution < 1.29 is 22.7 Å². The molecule has 0 unspecified atom stereocenters. The van der Waals surface area contributed by atoms with Crippen LogP contribution in [0.5, 0.6) is 0 Å². The first-order valence-electron chi connectivity index (χ1n) is 7.92. The second-order valence-corrected chi connectivity index (χ2v) is 7.10. The average molecular weight is 374 g/mol. The van der Waals surface area contributed by atoms with E-state index in [1.165, 1.54) is 0 Å². The first-order chi connectivity index (χ1) is 12.4. The lowest BCUT2D eigenvalue weighted by Gasteiger charge is -2.29. The maximum atomic E-state index is 12.9. The number of cyclic esters (lactones) is 1. The van der Waals surface area contributed by atoms with Crippen molar-refractivity contribution in [2.24, 2.45) is 0 Å². The lowest BCUT2D eigenvalue weighted by Crippen LogP contribution is -2.32. The van der Waals surface area contributed by atoms with Crippen molar-refractivity contribution in [2.75, 3.05) is 5.75 Å². The molecule has 1 heterocycles. The molecule has 132 valence electrons. The second kappa shape index (κ2) is 6.06. The Labute approximate surface area is 152 Å². The van der Waals surface area contributed by atoms with E-state index in [1.807, 2.05) is 24.3 Å². The van der Waals surface area contributed by atoms with Gasteiger partial charge < -0.3 is 4.74 Å². The van der Waals surface area contributed by atoms with Crippen LogP contribution in [0.15, 0.2) is 66.7 Å². The van der Waals surface area contributed by atoms with Gasteiger partial charge in [0.2, 0.25) is 0 Å². The molecule has 0 aromatic heterocycles. The molecule has 1 atom stereocenters. The molecule has 0 bridgehead atoms. The summed E-state index contributed by atoms with van der Waals surface area (Å²) in [7, 11) is 0. The van der Waals surface area contributed by atoms with Crippen LogP contribution in [0.2, 0.25) is 0 Å². The minimum Gasteiger partial charge on any atom is -0.445 e. The van der Waals surface area contributed by atoms with Crippen molar-refractivity contribution in [3.63, 3.8) is 0 Å². The summed E-state index contributed by atoms with van der Waals surface area (Å²) in [4.78, 5) is 12.5. The number of thioether (sulfide) groups is 1. The fraction of sp³-hybridized carbons (Fsp3) is 0.150. The van der Waals surface area contributed by atoms with E-state index in [0.29, 0.717) is 16.7 Å². The van der Waals surface area contributed by atoms with E-state index >= 15 is 0 Å². The number of ether oxygens (including phenoxy) is 1. The topological polar surface area (TPSA) is 26.3 Å². The number of hydrogen-bond donors (Lipinski definition) is 0. The van der Waals surface area contributed by atoms with Gasteiger partial charge in [0.1, 0.15) is 0 Å². The molecule has 0 N–H and O–H groups in total. The standard InChI is InChI=1S/C20H13F3O2S/c21-20(22,23)26-12-19(15-8-2-1-3-9-15)17-11-14-7-5-4-6-13(14)10-16(17)18(24)25-19/h1-11H,12H2/t19-/m0/s1. The Bertz CT molecular complexity index is 985. The summed E-state index contributed by atoms with van der Waals surface area (Å²) in [6.45, 7) is 0. The summed E-state index contributed by atoms with van der Waals surface area (Å²) in [5.74, 6) is -1.03. The molecule has 0 saturated heterocycles. The third-order valence-electron chi connectivity index (χ3n) is 4.49. The molecule has 1 aliphatic heterocycles. The molecule has 2 nitrogen and oxygen atoms in total. The fourth-order valence-corrected chi connectivity index (χ4v) is 4.06. The van der Waals surface area contributed by atoms with Crippen molar-refractivity contribution in [3.05, 3.63) is 83.4 Å². The largest absolute Gasteiger partial charge is 0.445 e. The lowest BCUT2D eigenvalue weighted by atomic mass is 9.86. The fourth-order valence-electron chi connectivity index (χ4n) is 3.31. The Hall–Kier alpha value is -2.47. The van der Waals surface area contributed by atoms with Crippen LogP contribution in [0.25, 0.3) is 10.8 Å². The smallest absolute Gasteiger partial charge is 0.442 e. The van der Waals surface area contributed by atoms with Gasteiger partial charge >= 0.3 is 11.5 Å². The third-order valence-corrected chi connectivity index (χ3v) is 5.37. The van der Waals surface area contributed by atoms with Crippen molar-refractivity contribution >= 4 is 28.5 Å². The van der Waals surface area contributed by atoms with E-state index in [1.54, 1.807) is 42.5 Å². The maximum Gasteiger partial charge on any atom is 0.442 e. The third kappa shape index (κ3) is 2.84. The number of alkyl halides is 3. The predicted molar refractivity (Wildman–Crippen MR) is 95.1 cm³/mol. The molecule has 0 aliphatic carbocycles. The van der Waals surface area contributed by atoms with Crippen LogP contribution in [-0.4, -0.2) is 17.2 Å². The number of carbonyl (C=O) groups excluding carboxylic acids is 1. The van der Waals surface area contributed by atoms with Crippen LogP contribution in [0.4, 0.5) is 13.2 Å². The minimum absolute atomic E-state index is 0.182. The molecule has 4 rings (SSSR count). The Morgan fingerprint density at radius 3 is 2.19 bits per heavy atom. The SMILES string of the molecule is O=C1O[C@@](CSC(F)(F)F)(c2ccccc2)c2cc3ccccc3cc21. The quantitative estimate of drug-likeness (QED) is 0.566. The van der Waals surface area contributed by atoms with Gasteiger partial charge in [0.05, 0.1) is 11.3 Å². The van der Waals surface area contributed by atoms with Crippen molar-refractivity contribution in [2.45, 2.75) is 11.1 Å². The zero-order valence-corrected chi connectivity index (χ0v) is 14.2. The van der Waals surface area contributed by atoms with E-state index in [-0.39, 0.29) is 11.8 Å². The van der Waals surface area contributed by atoms with E-state index < -0.39 is 22.8 Å². The van der Waals surface area contributed by atoms with E-state index in [2.05, 4.69) is 0 Å². The molecule has 3 aromatic carbocycles. The molecule has 3 aromatic rings. The van der Waals surface area contributed by atoms with Crippen LogP contribution >= 0.6 is 11.8 Å². The van der Waals surface area contributed by atoms with Crippen LogP contribution in [0.1, 0.15) is 21.5 Å². The molecular weight excluding hydrogens is 361 g/mol. The lowest BCUT2D eigenvalue weighted by molar-refractivity contribution is -0.0347. The molecule has 0 amide bonds. The number of hydrogen-bond acceptors (Lipinski definition) is 3. The van der Waals surface area contributed by atoms with Gasteiger partial charge in [0, 0.05) is 11.1 Å². The number of halogens is 3. The Morgan fingerprint density at radius 1 is 0.923 bits per heavy atom. The van der Waals surface area contributed by atoms with E-state index in [9.17, 15) is 18.0 Å². The van der Waals surface area contributed by atoms with Crippen molar-refractivity contribution in [1.82, 2.24) is 0 Å². The zero-order chi connectivity index (χ0) is 18.4. The zero-order valence-electron chi connectivity index (χ0n) is 13.4. The normalized spacial score (nSPS) is 19.4. The number of esters is 1. The van der Waals surface area contributed by atoms with Gasteiger partial charge in [-0.15, -0.1) is 0 Å². The first-order valence-corrected chi connectivity index (χ1v) is 8.90. The number of fused-ring (bicyclic) bond motifs is 2. The van der Waals surface area contributed by atoms with E-state index in [0.717, 1.165) is 10.8 Å². The summed E-state index contributed by atoms with van der Waals surface area (Å²) in [6, 6.07) is 19.5. The Kier molecular flexibility index (Phi) is 3.95. The van der Waals surface area contributed by atoms with Gasteiger partial charge in [-0.1, -0.05) is 54.6 Å². The van der Waals surface area contributed by atoms with Crippen molar-refractivity contribution in [1.29, 1.82) is 0 Å². The molecule has 6 heteroatoms. The molecule has 0 fully saturated rings. The van der Waals surface area contributed by atoms with Crippen LogP contribution < -0.4 is 0 Å². The molecular formula is C20H13F3O2S. The molecule has 0 radical (unpaired) electrons. The monoisotopic (exact) mass is 374 g/mol. The number of rotatable bonds is 3. The average Bonchev–Trinajstić information content (AvgIpc) is 2.91. The van der Waals surface area contributed by atoms with Gasteiger partial charge in [-0.05, 0) is 34.7 Å². The second-order valence-electron chi connectivity index (χ2n) is 6.06. The Balaban J connectivity index is 1.93. The summed E-state index contributed by atoms with van der Waals surface area (Å²) in [5.41, 5.74) is -4.57. The minimum atomic E-state index is -4.42. The number of benzene rings is 3. The van der Waals surface area contributed by atoms with E-state index in [4.69, 9.17) is 4.74 Å². The van der Waals surface area contributed by atoms with Gasteiger partial charge in [-0.2, -0.15) is 13.2 Å². The molecule has 1 aliphatic rings. The molecule has 0 saturated carbocycles. The highest BCUT2D eigenvalue weighted by Crippen LogP contribution is 2.47. The van der Waals surface area contributed by atoms with Gasteiger partial charge in [-0.3, -0.25) is 0 Å². The summed E-state index contributed by atoms with van der Waals surface area (Å²) in [6.07, 6.45) is 0. The Morgan fingerprint density at radius 2 is 1.54 bits per heavy atom. The van der Waals surface area contributed by atoms with Gasteiger partial charge in [-0.25, -0.2) is 4.79 Å². The maximum absolute atomic E-state index is 12.9. The summed E-state index contributed by atoms with van der Waals surface area (Å²) in [5, 5.41) is 1.69. The highest BCUT2D eigenvalue weighted by Gasteiger charge is 2.49. The highest BCUT2D eigenvalue weighted by atomic mass is 32.2. The number of carbonyl (C=O) groups is 1. The van der Waals surface area contributed by atoms with Crippen LogP contribution in [0, 0.1) is 0 Å². The van der Waals surface area contributed by atoms with Crippen LogP contribution in [-0.2, 0) is 10.3 Å². The molecule has 26 heavy (non-hydrogen) atoms. The summed E-state index contributed by atoms with van der Waals surface area (Å²) < 4.78 is 44.4. The van der Waals surface area contributed by atoms with Crippen molar-refractivity contribution in [3.8, 4) is 0 Å². The molecule has 0 spiro atoms. The van der Waals surface area contributed by atoms with Gasteiger partial charge in [0.25, 0.3) is 0 Å². The van der Waals surface area contributed by atoms with Crippen LogP contribution in [0.3, 0.4) is 0 Å². The first kappa shape index (κ1) is 17.0. The predicted octanol–water partition coefficient (Wildman–Crippen LogP) is 5.51. The summed E-state index contributed by atoms with van der Waals surface area (Å²) >= 11 is -0.182. The highest BCUT2D eigenvalue weighted by molar-refractivity contribution is 8.00. The van der Waals surface area contributed by atoms with Gasteiger partial charge in [0.15, 0.2) is 5.60 Å².